The Balaban J connectivity index is 2.56. The third kappa shape index (κ3) is 1.71. The molecule has 1 saturated carbocycles. The number of rotatable bonds is 2. The molecular weight excluding hydrogens is 164 g/mol. The van der Waals surface area contributed by atoms with Crippen LogP contribution < -0.4 is 5.32 Å². The zero-order valence-electron chi connectivity index (χ0n) is 6.51. The maximum atomic E-state index is 10.6. The highest BCUT2D eigenvalue weighted by atomic mass is 32.2. The van der Waals surface area contributed by atoms with Gasteiger partial charge in [-0.1, -0.05) is 5.25 Å². The van der Waals surface area contributed by atoms with Gasteiger partial charge in [0.25, 0.3) is 0 Å². The standard InChI is InChI=1S/C6H11N2O2S/c1-4(9)8-6(2)3-5(6)11(7)10/h5,7H,3H2,1-2H3,(H,8,9)/q-1. The molecule has 2 atom stereocenters. The largest absolute Gasteiger partial charge is 0.444 e. The zero-order valence-corrected chi connectivity index (χ0v) is 7.33. The average molecular weight is 175 g/mol. The van der Waals surface area contributed by atoms with Crippen LogP contribution in [0.5, 0.6) is 0 Å². The summed E-state index contributed by atoms with van der Waals surface area (Å²) in [4.78, 5) is 10.6. The fourth-order valence-electron chi connectivity index (χ4n) is 1.17. The Bertz CT molecular complexity index is 253. The fourth-order valence-corrected chi connectivity index (χ4v) is 2.20. The highest BCUT2D eigenvalue weighted by molar-refractivity contribution is 7.74. The van der Waals surface area contributed by atoms with Crippen molar-refractivity contribution in [2.24, 2.45) is 0 Å². The van der Waals surface area contributed by atoms with Crippen LogP contribution >= 0.6 is 0 Å². The number of carbonyl (C=O) groups excluding carboxylic acids is 1. The van der Waals surface area contributed by atoms with E-state index in [1.165, 1.54) is 6.92 Å². The lowest BCUT2D eigenvalue weighted by atomic mass is 10.3. The molecule has 1 rings (SSSR count). The van der Waals surface area contributed by atoms with Crippen molar-refractivity contribution in [3.63, 3.8) is 0 Å². The molecule has 1 fully saturated rings. The van der Waals surface area contributed by atoms with Crippen molar-refractivity contribution >= 4 is 16.5 Å². The third-order valence-electron chi connectivity index (χ3n) is 1.88. The Hall–Kier alpha value is -0.580. The number of hydrogen-bond donors (Lipinski definition) is 2. The highest BCUT2D eigenvalue weighted by Gasteiger charge is 2.46. The monoisotopic (exact) mass is 175 g/mol. The predicted molar refractivity (Wildman–Crippen MR) is 41.4 cm³/mol. The van der Waals surface area contributed by atoms with Gasteiger partial charge in [0.1, 0.15) is 0 Å². The normalized spacial score (nSPS) is 35.4. The Morgan fingerprint density at radius 3 is 2.64 bits per heavy atom. The van der Waals surface area contributed by atoms with E-state index in [-0.39, 0.29) is 16.7 Å². The Kier molecular flexibility index (Phi) is 1.92. The number of carbonyl (C=O) groups is 1. The lowest BCUT2D eigenvalue weighted by Gasteiger charge is -2.12. The average Bonchev–Trinajstić information content (AvgIpc) is 2.39. The molecule has 1 amide bonds. The molecule has 0 saturated heterocycles. The van der Waals surface area contributed by atoms with Gasteiger partial charge in [-0.05, 0) is 13.3 Å². The van der Waals surface area contributed by atoms with E-state index in [0.29, 0.717) is 6.42 Å². The molecule has 5 heteroatoms. The second-order valence-electron chi connectivity index (χ2n) is 3.09. The van der Waals surface area contributed by atoms with Crippen LogP contribution in [0.1, 0.15) is 20.3 Å². The molecule has 4 nitrogen and oxygen atoms in total. The SMILES string of the molecule is CC(=O)NC1(C)CC1[S-](=N)=O. The van der Waals surface area contributed by atoms with Crippen molar-refractivity contribution in [1.82, 2.24) is 5.32 Å². The minimum atomic E-state index is -1.56. The summed E-state index contributed by atoms with van der Waals surface area (Å²) in [7, 11) is -1.56. The molecule has 11 heavy (non-hydrogen) atoms. The first-order valence-electron chi connectivity index (χ1n) is 3.36. The lowest BCUT2D eigenvalue weighted by molar-refractivity contribution is -0.119. The minimum Gasteiger partial charge on any atom is -0.444 e. The van der Waals surface area contributed by atoms with Gasteiger partial charge in [0.2, 0.25) is 5.91 Å². The first kappa shape index (κ1) is 8.52. The van der Waals surface area contributed by atoms with Crippen molar-refractivity contribution in [3.8, 4) is 0 Å². The van der Waals surface area contributed by atoms with Gasteiger partial charge in [0, 0.05) is 12.5 Å². The molecule has 2 unspecified atom stereocenters. The summed E-state index contributed by atoms with van der Waals surface area (Å²) < 4.78 is 17.5. The van der Waals surface area contributed by atoms with Gasteiger partial charge in [-0.2, -0.15) is 10.6 Å². The van der Waals surface area contributed by atoms with Crippen LogP contribution in [-0.4, -0.2) is 16.7 Å². The van der Waals surface area contributed by atoms with E-state index in [2.05, 4.69) is 5.32 Å². The summed E-state index contributed by atoms with van der Waals surface area (Å²) in [5.41, 5.74) is -0.377. The van der Waals surface area contributed by atoms with E-state index < -0.39 is 10.6 Å². The summed E-state index contributed by atoms with van der Waals surface area (Å²) in [5.74, 6) is -0.125. The van der Waals surface area contributed by atoms with Gasteiger partial charge < -0.3 is 14.3 Å². The van der Waals surface area contributed by atoms with Crippen molar-refractivity contribution in [1.29, 1.82) is 4.78 Å². The minimum absolute atomic E-state index is 0.125. The Morgan fingerprint density at radius 1 is 1.82 bits per heavy atom. The van der Waals surface area contributed by atoms with Crippen molar-refractivity contribution < 1.29 is 9.00 Å². The van der Waals surface area contributed by atoms with E-state index in [9.17, 15) is 9.00 Å². The van der Waals surface area contributed by atoms with Gasteiger partial charge in [-0.15, -0.1) is 0 Å². The van der Waals surface area contributed by atoms with Crippen molar-refractivity contribution in [2.45, 2.75) is 31.1 Å². The zero-order chi connectivity index (χ0) is 8.65. The number of nitrogens with one attached hydrogen (secondary N) is 2. The molecule has 0 heterocycles. The van der Waals surface area contributed by atoms with Crippen molar-refractivity contribution in [3.05, 3.63) is 0 Å². The molecule has 0 aromatic carbocycles. The molecule has 0 aromatic heterocycles. The van der Waals surface area contributed by atoms with Crippen molar-refractivity contribution in [2.75, 3.05) is 0 Å². The molecule has 0 aromatic rings. The first-order valence-corrected chi connectivity index (χ1v) is 4.57. The van der Waals surface area contributed by atoms with E-state index in [1.807, 2.05) is 6.92 Å². The molecule has 0 aliphatic heterocycles. The molecule has 0 bridgehead atoms. The lowest BCUT2D eigenvalue weighted by Crippen LogP contribution is -2.35. The molecule has 0 spiro atoms. The Labute approximate surface area is 67.4 Å². The first-order chi connectivity index (χ1) is 4.96. The van der Waals surface area contributed by atoms with Gasteiger partial charge in [-0.25, -0.2) is 0 Å². The summed E-state index contributed by atoms with van der Waals surface area (Å²) in [6, 6.07) is 0. The van der Waals surface area contributed by atoms with Crippen LogP contribution in [0.25, 0.3) is 0 Å². The van der Waals surface area contributed by atoms with Crippen LogP contribution in [0.2, 0.25) is 0 Å². The topological polar surface area (TPSA) is 70.0 Å². The molecule has 2 N–H and O–H groups in total. The number of hydrogen-bond acceptors (Lipinski definition) is 4. The summed E-state index contributed by atoms with van der Waals surface area (Å²) >= 11 is 0. The van der Waals surface area contributed by atoms with E-state index in [1.54, 1.807) is 0 Å². The third-order valence-corrected chi connectivity index (χ3v) is 3.08. The second-order valence-corrected chi connectivity index (χ2v) is 4.25. The molecule has 64 valence electrons. The van der Waals surface area contributed by atoms with Gasteiger partial charge in [0.05, 0.1) is 0 Å². The van der Waals surface area contributed by atoms with Crippen LogP contribution in [-0.2, 0) is 19.6 Å². The Morgan fingerprint density at radius 2 is 2.36 bits per heavy atom. The summed E-state index contributed by atoms with van der Waals surface area (Å²) in [6.07, 6.45) is 0.655. The van der Waals surface area contributed by atoms with Crippen LogP contribution in [0, 0.1) is 4.78 Å². The van der Waals surface area contributed by atoms with Crippen LogP contribution in [0.4, 0.5) is 0 Å². The smallest absolute Gasteiger partial charge is 0.217 e. The van der Waals surface area contributed by atoms with Crippen LogP contribution in [0.3, 0.4) is 0 Å². The molecular formula is C6H11N2O2S-. The quantitative estimate of drug-likeness (QED) is 0.596. The fraction of sp³-hybridized carbons (Fsp3) is 0.833. The van der Waals surface area contributed by atoms with E-state index in [4.69, 9.17) is 4.78 Å². The second kappa shape index (κ2) is 2.48. The summed E-state index contributed by atoms with van der Waals surface area (Å²) in [5, 5.41) is 2.50. The van der Waals surface area contributed by atoms with Gasteiger partial charge >= 0.3 is 0 Å². The van der Waals surface area contributed by atoms with E-state index in [0.717, 1.165) is 0 Å². The van der Waals surface area contributed by atoms with Gasteiger partial charge in [0.15, 0.2) is 0 Å². The molecule has 1 aliphatic carbocycles. The molecule has 0 radical (unpaired) electrons. The number of amides is 1. The maximum Gasteiger partial charge on any atom is 0.217 e. The van der Waals surface area contributed by atoms with Gasteiger partial charge in [-0.3, -0.25) is 4.79 Å². The summed E-state index contributed by atoms with van der Waals surface area (Å²) in [6.45, 7) is 3.24. The maximum absolute atomic E-state index is 10.6. The van der Waals surface area contributed by atoms with Crippen LogP contribution in [0.15, 0.2) is 0 Å². The highest BCUT2D eigenvalue weighted by Crippen LogP contribution is 2.38. The molecule has 1 aliphatic rings. The van der Waals surface area contributed by atoms with E-state index >= 15 is 0 Å². The predicted octanol–water partition coefficient (Wildman–Crippen LogP) is 0.380.